The number of esters is 1. The molecule has 0 saturated heterocycles. The number of benzene rings is 1. The molecule has 0 radical (unpaired) electrons. The van der Waals surface area contributed by atoms with Crippen molar-refractivity contribution >= 4 is 29.3 Å². The Morgan fingerprint density at radius 3 is 2.70 bits per heavy atom. The predicted molar refractivity (Wildman–Crippen MR) is 72.9 cm³/mol. The molecule has 104 valence electrons. The topological polar surface area (TPSA) is 93.2 Å². The number of nitrogens with zero attached hydrogens (tertiary/aromatic N) is 2. The predicted octanol–water partition coefficient (Wildman–Crippen LogP) is 3.11. The Labute approximate surface area is 120 Å². The van der Waals surface area contributed by atoms with Gasteiger partial charge in [-0.15, -0.1) is 0 Å². The van der Waals surface area contributed by atoms with Crippen LogP contribution < -0.4 is 0 Å². The van der Waals surface area contributed by atoms with E-state index >= 15 is 0 Å². The molecule has 0 N–H and O–H groups in total. The van der Waals surface area contributed by atoms with Gasteiger partial charge >= 0.3 is 5.97 Å². The molecule has 0 aliphatic rings. The molecule has 1 aromatic rings. The molecule has 1 aromatic carbocycles. The molecule has 7 heteroatoms. The molecule has 0 fully saturated rings. The molecule has 0 saturated carbocycles. The number of hydrogen-bond acceptors (Lipinski definition) is 5. The Morgan fingerprint density at radius 1 is 1.55 bits per heavy atom. The molecule has 0 heterocycles. The zero-order valence-electron chi connectivity index (χ0n) is 10.8. The van der Waals surface area contributed by atoms with Gasteiger partial charge in [-0.2, -0.15) is 5.26 Å². The summed E-state index contributed by atoms with van der Waals surface area (Å²) in [6.45, 7) is 3.31. The van der Waals surface area contributed by atoms with Gasteiger partial charge in [-0.05, 0) is 31.6 Å². The van der Waals surface area contributed by atoms with E-state index in [1.54, 1.807) is 19.9 Å². The number of ether oxygens (including phenoxy) is 1. The van der Waals surface area contributed by atoms with Crippen LogP contribution in [-0.2, 0) is 9.53 Å². The maximum atomic E-state index is 11.6. The minimum absolute atomic E-state index is 0.0181. The van der Waals surface area contributed by atoms with Crippen LogP contribution in [0.3, 0.4) is 0 Å². The largest absolute Gasteiger partial charge is 0.459 e. The van der Waals surface area contributed by atoms with Crippen LogP contribution in [0.25, 0.3) is 6.08 Å². The Morgan fingerprint density at radius 2 is 2.20 bits per heavy atom. The van der Waals surface area contributed by atoms with Crippen molar-refractivity contribution in [2.45, 2.75) is 20.0 Å². The lowest BCUT2D eigenvalue weighted by atomic mass is 10.1. The summed E-state index contributed by atoms with van der Waals surface area (Å²) in [5, 5.41) is 19.7. The van der Waals surface area contributed by atoms with E-state index in [9.17, 15) is 14.9 Å². The summed E-state index contributed by atoms with van der Waals surface area (Å²) in [6.07, 6.45) is 0.854. The number of rotatable bonds is 4. The summed E-state index contributed by atoms with van der Waals surface area (Å²) >= 11 is 5.67. The highest BCUT2D eigenvalue weighted by Gasteiger charge is 2.15. The van der Waals surface area contributed by atoms with E-state index in [0.29, 0.717) is 5.56 Å². The van der Waals surface area contributed by atoms with Gasteiger partial charge in [0.05, 0.1) is 11.0 Å². The number of nitro benzene ring substituents is 1. The number of carbonyl (C=O) groups is 1. The summed E-state index contributed by atoms with van der Waals surface area (Å²) in [6, 6.07) is 5.68. The lowest BCUT2D eigenvalue weighted by Gasteiger charge is -2.06. The van der Waals surface area contributed by atoms with Crippen molar-refractivity contribution in [2.75, 3.05) is 0 Å². The van der Waals surface area contributed by atoms with Crippen molar-refractivity contribution in [3.63, 3.8) is 0 Å². The lowest BCUT2D eigenvalue weighted by Crippen LogP contribution is -2.12. The van der Waals surface area contributed by atoms with E-state index in [2.05, 4.69) is 0 Å². The van der Waals surface area contributed by atoms with Gasteiger partial charge in [-0.3, -0.25) is 10.1 Å². The summed E-state index contributed by atoms with van der Waals surface area (Å²) in [5.41, 5.74) is -0.219. The van der Waals surface area contributed by atoms with Gasteiger partial charge in [0.2, 0.25) is 0 Å². The fourth-order valence-electron chi connectivity index (χ4n) is 1.34. The first-order chi connectivity index (χ1) is 9.35. The first-order valence-electron chi connectivity index (χ1n) is 5.62. The molecular formula is C13H11ClN2O4. The van der Waals surface area contributed by atoms with Crippen LogP contribution in [0.1, 0.15) is 19.4 Å². The Kier molecular flexibility index (Phi) is 5.23. The van der Waals surface area contributed by atoms with E-state index in [-0.39, 0.29) is 22.4 Å². The van der Waals surface area contributed by atoms with Crippen LogP contribution in [0.2, 0.25) is 5.02 Å². The van der Waals surface area contributed by atoms with Crippen molar-refractivity contribution in [1.82, 2.24) is 0 Å². The van der Waals surface area contributed by atoms with Crippen LogP contribution in [0.4, 0.5) is 5.69 Å². The molecule has 6 nitrogen and oxygen atoms in total. The van der Waals surface area contributed by atoms with Gasteiger partial charge in [0, 0.05) is 6.07 Å². The van der Waals surface area contributed by atoms with E-state index in [1.165, 1.54) is 24.3 Å². The number of carbonyl (C=O) groups excluding carboxylic acids is 1. The van der Waals surface area contributed by atoms with E-state index in [0.717, 1.165) is 0 Å². The average Bonchev–Trinajstić information content (AvgIpc) is 2.36. The molecule has 0 aromatic heterocycles. The normalized spacial score (nSPS) is 11.1. The third-order valence-corrected chi connectivity index (χ3v) is 2.48. The Bertz CT molecular complexity index is 617. The van der Waals surface area contributed by atoms with Crippen LogP contribution >= 0.6 is 11.6 Å². The highest BCUT2D eigenvalue weighted by atomic mass is 35.5. The molecule has 0 atom stereocenters. The fourth-order valence-corrected chi connectivity index (χ4v) is 1.53. The van der Waals surface area contributed by atoms with Gasteiger partial charge in [0.1, 0.15) is 16.7 Å². The van der Waals surface area contributed by atoms with Gasteiger partial charge < -0.3 is 4.74 Å². The maximum Gasteiger partial charge on any atom is 0.349 e. The van der Waals surface area contributed by atoms with Crippen LogP contribution in [-0.4, -0.2) is 17.0 Å². The van der Waals surface area contributed by atoms with Gasteiger partial charge in [0.25, 0.3) is 5.69 Å². The second-order valence-electron chi connectivity index (χ2n) is 4.09. The first-order valence-corrected chi connectivity index (χ1v) is 5.99. The van der Waals surface area contributed by atoms with Gasteiger partial charge in [-0.1, -0.05) is 17.7 Å². The van der Waals surface area contributed by atoms with E-state index in [4.69, 9.17) is 21.6 Å². The van der Waals surface area contributed by atoms with Gasteiger partial charge in [0.15, 0.2) is 0 Å². The van der Waals surface area contributed by atoms with Crippen molar-refractivity contribution in [3.8, 4) is 6.07 Å². The highest BCUT2D eigenvalue weighted by Crippen LogP contribution is 2.26. The fraction of sp³-hybridized carbons (Fsp3) is 0.231. The Balaban J connectivity index is 3.14. The van der Waals surface area contributed by atoms with Crippen molar-refractivity contribution in [1.29, 1.82) is 5.26 Å². The minimum atomic E-state index is -0.778. The lowest BCUT2D eigenvalue weighted by molar-refractivity contribution is -0.384. The monoisotopic (exact) mass is 294 g/mol. The smallest absolute Gasteiger partial charge is 0.349 e. The van der Waals surface area contributed by atoms with Crippen LogP contribution in [0.5, 0.6) is 0 Å². The van der Waals surface area contributed by atoms with E-state index < -0.39 is 10.9 Å². The Hall–Kier alpha value is -2.39. The molecule has 0 aliphatic heterocycles. The molecular weight excluding hydrogens is 284 g/mol. The molecule has 0 aliphatic carbocycles. The third-order valence-electron chi connectivity index (χ3n) is 2.16. The third kappa shape index (κ3) is 4.07. The summed E-state index contributed by atoms with van der Waals surface area (Å²) in [4.78, 5) is 21.7. The highest BCUT2D eigenvalue weighted by molar-refractivity contribution is 6.32. The van der Waals surface area contributed by atoms with Crippen molar-refractivity contribution in [3.05, 3.63) is 44.5 Å². The van der Waals surface area contributed by atoms with Crippen molar-refractivity contribution in [2.24, 2.45) is 0 Å². The molecule has 0 spiro atoms. The minimum Gasteiger partial charge on any atom is -0.459 e. The molecule has 20 heavy (non-hydrogen) atoms. The molecule has 1 rings (SSSR count). The second-order valence-corrected chi connectivity index (χ2v) is 4.50. The number of halogens is 1. The van der Waals surface area contributed by atoms with Crippen LogP contribution in [0.15, 0.2) is 23.8 Å². The number of nitro groups is 1. The summed E-state index contributed by atoms with van der Waals surface area (Å²) in [7, 11) is 0. The molecule has 0 unspecified atom stereocenters. The molecule has 0 bridgehead atoms. The molecule has 0 amide bonds. The summed E-state index contributed by atoms with van der Waals surface area (Å²) in [5.74, 6) is -0.778. The van der Waals surface area contributed by atoms with Gasteiger partial charge in [-0.25, -0.2) is 4.79 Å². The van der Waals surface area contributed by atoms with Crippen LogP contribution in [0, 0.1) is 21.4 Å². The standard InChI is InChI=1S/C13H11ClN2O4/c1-8(2)20-13(17)10(7-15)5-9-3-4-11(14)12(6-9)16(18)19/h3-6,8H,1-2H3/b10-5+. The number of nitriles is 1. The maximum absolute atomic E-state index is 11.6. The second kappa shape index (κ2) is 6.68. The average molecular weight is 295 g/mol. The van der Waals surface area contributed by atoms with E-state index in [1.807, 2.05) is 0 Å². The number of hydrogen-bond donors (Lipinski definition) is 0. The zero-order valence-corrected chi connectivity index (χ0v) is 11.5. The SMILES string of the molecule is CC(C)OC(=O)/C(C#N)=C/c1ccc(Cl)c([N+](=O)[O-])c1. The van der Waals surface area contributed by atoms with Crippen molar-refractivity contribution < 1.29 is 14.5 Å². The zero-order chi connectivity index (χ0) is 15.3. The first kappa shape index (κ1) is 15.7. The quantitative estimate of drug-likeness (QED) is 0.280. The summed E-state index contributed by atoms with van der Waals surface area (Å²) < 4.78 is 4.89.